The molecule has 1 aliphatic rings. The zero-order valence-electron chi connectivity index (χ0n) is 11.6. The summed E-state index contributed by atoms with van der Waals surface area (Å²) in [6.45, 7) is 6.60. The second kappa shape index (κ2) is 6.04. The minimum absolute atomic E-state index is 0.200. The van der Waals surface area contributed by atoms with Crippen LogP contribution in [0, 0.1) is 11.3 Å². The molecule has 0 bridgehead atoms. The highest BCUT2D eigenvalue weighted by atomic mass is 16.2. The monoisotopic (exact) mass is 235 g/mol. The maximum Gasteiger partial charge on any atom is 0.227 e. The molecule has 0 aromatic heterocycles. The van der Waals surface area contributed by atoms with Crippen molar-refractivity contribution in [2.75, 3.05) is 13.6 Å². The standard InChI is InChI=1S/C15H25NO/c1-15(2,3)14(17)16(4)12-8-11-13-9-6-5-7-10-13/h5-6,8,11,13H,7,9-10,12H2,1-4H3. The molecule has 1 amide bonds. The fourth-order valence-electron chi connectivity index (χ4n) is 2.06. The van der Waals surface area contributed by atoms with Crippen LogP contribution < -0.4 is 0 Å². The zero-order chi connectivity index (χ0) is 12.9. The van der Waals surface area contributed by atoms with Crippen LogP contribution in [0.1, 0.15) is 40.0 Å². The Hall–Kier alpha value is -1.05. The Kier molecular flexibility index (Phi) is 4.98. The van der Waals surface area contributed by atoms with Gasteiger partial charge in [0.25, 0.3) is 0 Å². The molecule has 1 rings (SSSR count). The summed E-state index contributed by atoms with van der Waals surface area (Å²) in [4.78, 5) is 13.7. The molecule has 0 aromatic carbocycles. The van der Waals surface area contributed by atoms with E-state index >= 15 is 0 Å². The van der Waals surface area contributed by atoms with Gasteiger partial charge in [-0.25, -0.2) is 0 Å². The van der Waals surface area contributed by atoms with E-state index in [2.05, 4.69) is 24.3 Å². The summed E-state index contributed by atoms with van der Waals surface area (Å²) in [7, 11) is 1.87. The lowest BCUT2D eigenvalue weighted by molar-refractivity contribution is -0.137. The van der Waals surface area contributed by atoms with Gasteiger partial charge in [0.1, 0.15) is 0 Å². The minimum Gasteiger partial charge on any atom is -0.342 e. The van der Waals surface area contributed by atoms with Gasteiger partial charge in [0, 0.05) is 19.0 Å². The third kappa shape index (κ3) is 4.76. The normalized spacial score (nSPS) is 20.8. The maximum absolute atomic E-state index is 11.9. The van der Waals surface area contributed by atoms with Crippen LogP contribution in [0.4, 0.5) is 0 Å². The third-order valence-corrected chi connectivity index (χ3v) is 3.09. The van der Waals surface area contributed by atoms with Crippen molar-refractivity contribution < 1.29 is 4.79 Å². The summed E-state index contributed by atoms with van der Waals surface area (Å²) in [6.07, 6.45) is 12.5. The highest BCUT2D eigenvalue weighted by Crippen LogP contribution is 2.19. The van der Waals surface area contributed by atoms with Crippen molar-refractivity contribution in [3.05, 3.63) is 24.3 Å². The first kappa shape index (κ1) is 14.0. The van der Waals surface area contributed by atoms with E-state index in [9.17, 15) is 4.79 Å². The molecule has 2 heteroatoms. The van der Waals surface area contributed by atoms with Crippen LogP contribution in [0.3, 0.4) is 0 Å². The minimum atomic E-state index is -0.282. The first-order chi connectivity index (χ1) is 7.91. The molecule has 96 valence electrons. The van der Waals surface area contributed by atoms with Gasteiger partial charge in [-0.15, -0.1) is 0 Å². The average Bonchev–Trinajstić information content (AvgIpc) is 2.28. The Balaban J connectivity index is 2.37. The fourth-order valence-corrected chi connectivity index (χ4v) is 2.06. The van der Waals surface area contributed by atoms with Crippen LogP contribution in [-0.2, 0) is 4.79 Å². The van der Waals surface area contributed by atoms with Crippen molar-refractivity contribution in [1.29, 1.82) is 0 Å². The number of carbonyl (C=O) groups excluding carboxylic acids is 1. The topological polar surface area (TPSA) is 20.3 Å². The molecule has 1 aliphatic carbocycles. The molecular formula is C15H25NO. The van der Waals surface area contributed by atoms with Crippen LogP contribution in [0.15, 0.2) is 24.3 Å². The Morgan fingerprint density at radius 3 is 2.65 bits per heavy atom. The molecule has 0 fully saturated rings. The van der Waals surface area contributed by atoms with Gasteiger partial charge in [-0.3, -0.25) is 4.79 Å². The number of amides is 1. The van der Waals surface area contributed by atoms with Gasteiger partial charge in [-0.1, -0.05) is 45.1 Å². The molecule has 17 heavy (non-hydrogen) atoms. The lowest BCUT2D eigenvalue weighted by Gasteiger charge is -2.25. The van der Waals surface area contributed by atoms with Gasteiger partial charge in [0.2, 0.25) is 5.91 Å². The summed E-state index contributed by atoms with van der Waals surface area (Å²) in [5.74, 6) is 0.865. The quantitative estimate of drug-likeness (QED) is 0.687. The van der Waals surface area contributed by atoms with E-state index in [1.807, 2.05) is 27.8 Å². The molecule has 0 aromatic rings. The maximum atomic E-state index is 11.9. The highest BCUT2D eigenvalue weighted by molar-refractivity contribution is 5.81. The summed E-state index contributed by atoms with van der Waals surface area (Å²) >= 11 is 0. The summed E-state index contributed by atoms with van der Waals surface area (Å²) in [6, 6.07) is 0. The van der Waals surface area contributed by atoms with Crippen molar-refractivity contribution in [3.63, 3.8) is 0 Å². The Morgan fingerprint density at radius 2 is 2.12 bits per heavy atom. The van der Waals surface area contributed by atoms with Gasteiger partial charge in [0.05, 0.1) is 0 Å². The number of rotatable bonds is 3. The molecule has 0 N–H and O–H groups in total. The average molecular weight is 235 g/mol. The first-order valence-corrected chi connectivity index (χ1v) is 6.48. The van der Waals surface area contributed by atoms with Crippen molar-refractivity contribution in [2.45, 2.75) is 40.0 Å². The van der Waals surface area contributed by atoms with Crippen molar-refractivity contribution in [2.24, 2.45) is 11.3 Å². The van der Waals surface area contributed by atoms with E-state index in [0.717, 1.165) is 13.0 Å². The smallest absolute Gasteiger partial charge is 0.227 e. The van der Waals surface area contributed by atoms with Crippen molar-refractivity contribution in [3.8, 4) is 0 Å². The molecular weight excluding hydrogens is 210 g/mol. The summed E-state index contributed by atoms with van der Waals surface area (Å²) in [5.41, 5.74) is -0.282. The van der Waals surface area contributed by atoms with Crippen LogP contribution in [0.2, 0.25) is 0 Å². The van der Waals surface area contributed by atoms with E-state index in [4.69, 9.17) is 0 Å². The molecule has 2 nitrogen and oxygen atoms in total. The summed E-state index contributed by atoms with van der Waals surface area (Å²) in [5, 5.41) is 0. The summed E-state index contributed by atoms with van der Waals surface area (Å²) < 4.78 is 0. The predicted octanol–water partition coefficient (Wildman–Crippen LogP) is 3.40. The number of likely N-dealkylation sites (N-methyl/N-ethyl adjacent to an activating group) is 1. The van der Waals surface area contributed by atoms with Gasteiger partial charge >= 0.3 is 0 Å². The zero-order valence-corrected chi connectivity index (χ0v) is 11.6. The molecule has 1 unspecified atom stereocenters. The molecule has 0 spiro atoms. The Bertz CT molecular complexity index is 309. The van der Waals surface area contributed by atoms with E-state index in [-0.39, 0.29) is 11.3 Å². The van der Waals surface area contributed by atoms with Crippen molar-refractivity contribution in [1.82, 2.24) is 4.90 Å². The highest BCUT2D eigenvalue weighted by Gasteiger charge is 2.24. The largest absolute Gasteiger partial charge is 0.342 e. The van der Waals surface area contributed by atoms with E-state index in [0.29, 0.717) is 5.92 Å². The SMILES string of the molecule is CN(CC=CC1CC=CCC1)C(=O)C(C)(C)C. The molecule has 0 heterocycles. The van der Waals surface area contributed by atoms with Crippen LogP contribution >= 0.6 is 0 Å². The number of nitrogens with zero attached hydrogens (tertiary/aromatic N) is 1. The molecule has 1 atom stereocenters. The van der Waals surface area contributed by atoms with E-state index in [1.54, 1.807) is 4.90 Å². The van der Waals surface area contributed by atoms with E-state index < -0.39 is 0 Å². The number of hydrogen-bond acceptors (Lipinski definition) is 1. The third-order valence-electron chi connectivity index (χ3n) is 3.09. The number of hydrogen-bond donors (Lipinski definition) is 0. The number of allylic oxidation sites excluding steroid dienone is 3. The number of carbonyl (C=O) groups is 1. The van der Waals surface area contributed by atoms with Crippen LogP contribution in [0.25, 0.3) is 0 Å². The van der Waals surface area contributed by atoms with Gasteiger partial charge in [0.15, 0.2) is 0 Å². The molecule has 0 saturated carbocycles. The Labute approximate surface area is 105 Å². The van der Waals surface area contributed by atoms with Gasteiger partial charge < -0.3 is 4.90 Å². The molecule has 0 aliphatic heterocycles. The molecule has 0 radical (unpaired) electrons. The second-order valence-electron chi connectivity index (χ2n) is 5.91. The fraction of sp³-hybridized carbons (Fsp3) is 0.667. The van der Waals surface area contributed by atoms with Gasteiger partial charge in [-0.2, -0.15) is 0 Å². The van der Waals surface area contributed by atoms with Crippen LogP contribution in [-0.4, -0.2) is 24.4 Å². The van der Waals surface area contributed by atoms with E-state index in [1.165, 1.54) is 12.8 Å². The van der Waals surface area contributed by atoms with Gasteiger partial charge in [-0.05, 0) is 25.2 Å². The second-order valence-corrected chi connectivity index (χ2v) is 5.91. The Morgan fingerprint density at radius 1 is 1.41 bits per heavy atom. The lowest BCUT2D eigenvalue weighted by atomic mass is 9.93. The van der Waals surface area contributed by atoms with Crippen molar-refractivity contribution >= 4 is 5.91 Å². The first-order valence-electron chi connectivity index (χ1n) is 6.48. The lowest BCUT2D eigenvalue weighted by Crippen LogP contribution is -2.36. The molecule has 0 saturated heterocycles. The predicted molar refractivity (Wildman–Crippen MR) is 72.7 cm³/mol. The van der Waals surface area contributed by atoms with Crippen LogP contribution in [0.5, 0.6) is 0 Å².